The molecule has 3 aromatic carbocycles. The lowest BCUT2D eigenvalue weighted by molar-refractivity contribution is 0.102. The molecule has 5 aromatic rings. The Kier molecular flexibility index (Phi) is 5.12. The van der Waals surface area contributed by atoms with Crippen LogP contribution in [-0.4, -0.2) is 38.2 Å². The average molecular weight is 438 g/mol. The molecule has 33 heavy (non-hydrogen) atoms. The van der Waals surface area contributed by atoms with E-state index in [4.69, 9.17) is 4.74 Å². The van der Waals surface area contributed by atoms with Crippen LogP contribution in [0.5, 0.6) is 5.75 Å². The third kappa shape index (κ3) is 3.83. The molecule has 2 aromatic heterocycles. The maximum atomic E-state index is 12.7. The molecule has 0 saturated heterocycles. The van der Waals surface area contributed by atoms with Crippen molar-refractivity contribution in [2.24, 2.45) is 0 Å². The Hall–Kier alpha value is -4.79. The lowest BCUT2D eigenvalue weighted by atomic mass is 10.0. The minimum Gasteiger partial charge on any atom is -0.494 e. The van der Waals surface area contributed by atoms with Crippen molar-refractivity contribution in [2.45, 2.75) is 0 Å². The van der Waals surface area contributed by atoms with Gasteiger partial charge in [0.1, 0.15) is 11.4 Å². The summed E-state index contributed by atoms with van der Waals surface area (Å²) in [5.74, 6) is 0.227. The molecule has 0 aliphatic rings. The number of fused-ring (bicyclic) bond motifs is 1. The first kappa shape index (κ1) is 20.1. The third-order valence-corrected chi connectivity index (χ3v) is 5.17. The van der Waals surface area contributed by atoms with E-state index in [-0.39, 0.29) is 11.3 Å². The molecule has 0 spiro atoms. The van der Waals surface area contributed by atoms with Crippen molar-refractivity contribution in [1.29, 1.82) is 0 Å². The topological polar surface area (TPSA) is 115 Å². The highest BCUT2D eigenvalue weighted by molar-refractivity contribution is 6.03. The van der Waals surface area contributed by atoms with Gasteiger partial charge in [-0.25, -0.2) is 9.78 Å². The zero-order chi connectivity index (χ0) is 22.8. The maximum Gasteiger partial charge on any atom is 0.277 e. The van der Waals surface area contributed by atoms with Crippen molar-refractivity contribution in [3.05, 3.63) is 95.0 Å². The Morgan fingerprint density at radius 1 is 0.970 bits per heavy atom. The lowest BCUT2D eigenvalue weighted by Gasteiger charge is -2.07. The first-order chi connectivity index (χ1) is 16.1. The standard InChI is InChI=1S/C24H18N6O3/c1-33-21-9-5-4-8-20(21)30-14-19(26-29-30)24(32)25-16-12-10-15(11-13-16)22-17-6-2-3-7-18(17)23(31)28-27-22/h2-14H,1H3,(H,25,32)(H,28,31). The Bertz CT molecular complexity index is 1520. The monoisotopic (exact) mass is 438 g/mol. The fourth-order valence-corrected chi connectivity index (χ4v) is 3.55. The summed E-state index contributed by atoms with van der Waals surface area (Å²) < 4.78 is 6.82. The van der Waals surface area contributed by atoms with E-state index >= 15 is 0 Å². The summed E-state index contributed by atoms with van der Waals surface area (Å²) >= 11 is 0. The number of methoxy groups -OCH3 is 1. The molecule has 1 amide bonds. The van der Waals surface area contributed by atoms with Crippen molar-refractivity contribution in [3.63, 3.8) is 0 Å². The zero-order valence-corrected chi connectivity index (χ0v) is 17.5. The number of H-pyrrole nitrogens is 1. The van der Waals surface area contributed by atoms with Crippen molar-refractivity contribution in [3.8, 4) is 22.7 Å². The smallest absolute Gasteiger partial charge is 0.277 e. The van der Waals surface area contributed by atoms with E-state index in [9.17, 15) is 9.59 Å². The zero-order valence-electron chi connectivity index (χ0n) is 17.5. The number of nitrogens with zero attached hydrogens (tertiary/aromatic N) is 4. The molecule has 0 aliphatic carbocycles. The first-order valence-electron chi connectivity index (χ1n) is 10.1. The van der Waals surface area contributed by atoms with Gasteiger partial charge in [-0.05, 0) is 30.3 Å². The maximum absolute atomic E-state index is 12.7. The molecule has 0 fully saturated rings. The molecule has 0 bridgehead atoms. The number of carbonyl (C=O) groups excluding carboxylic acids is 1. The second-order valence-corrected chi connectivity index (χ2v) is 7.20. The third-order valence-electron chi connectivity index (χ3n) is 5.17. The summed E-state index contributed by atoms with van der Waals surface area (Å²) in [6.45, 7) is 0. The summed E-state index contributed by atoms with van der Waals surface area (Å²) in [5, 5.41) is 18.9. The van der Waals surface area contributed by atoms with Gasteiger partial charge in [0.25, 0.3) is 11.5 Å². The van der Waals surface area contributed by atoms with Gasteiger partial charge in [0, 0.05) is 16.6 Å². The number of rotatable bonds is 5. The second-order valence-electron chi connectivity index (χ2n) is 7.20. The van der Waals surface area contributed by atoms with E-state index in [1.165, 1.54) is 10.9 Å². The summed E-state index contributed by atoms with van der Waals surface area (Å²) in [6, 6.07) is 21.8. The molecule has 9 nitrogen and oxygen atoms in total. The van der Waals surface area contributed by atoms with E-state index in [1.54, 1.807) is 31.4 Å². The molecule has 5 rings (SSSR count). The molecule has 0 radical (unpaired) electrons. The van der Waals surface area contributed by atoms with Gasteiger partial charge < -0.3 is 10.1 Å². The van der Waals surface area contributed by atoms with Crippen LogP contribution in [0.25, 0.3) is 27.7 Å². The number of hydrogen-bond acceptors (Lipinski definition) is 6. The fourth-order valence-electron chi connectivity index (χ4n) is 3.55. The molecular weight excluding hydrogens is 420 g/mol. The van der Waals surface area contributed by atoms with Crippen molar-refractivity contribution in [2.75, 3.05) is 12.4 Å². The largest absolute Gasteiger partial charge is 0.494 e. The van der Waals surface area contributed by atoms with Gasteiger partial charge in [0.15, 0.2) is 5.69 Å². The van der Waals surface area contributed by atoms with Gasteiger partial charge >= 0.3 is 0 Å². The van der Waals surface area contributed by atoms with Crippen LogP contribution >= 0.6 is 0 Å². The highest BCUT2D eigenvalue weighted by Gasteiger charge is 2.14. The van der Waals surface area contributed by atoms with E-state index in [2.05, 4.69) is 25.8 Å². The number of para-hydroxylation sites is 2. The Labute approximate surface area is 187 Å². The first-order valence-corrected chi connectivity index (χ1v) is 10.1. The number of hydrogen-bond donors (Lipinski definition) is 2. The average Bonchev–Trinajstić information content (AvgIpc) is 3.35. The molecule has 2 N–H and O–H groups in total. The van der Waals surface area contributed by atoms with E-state index < -0.39 is 5.91 Å². The highest BCUT2D eigenvalue weighted by atomic mass is 16.5. The van der Waals surface area contributed by atoms with Gasteiger partial charge in [-0.2, -0.15) is 5.10 Å². The van der Waals surface area contributed by atoms with Crippen molar-refractivity contribution in [1.82, 2.24) is 25.2 Å². The molecule has 0 aliphatic heterocycles. The molecule has 0 saturated carbocycles. The molecule has 2 heterocycles. The van der Waals surface area contributed by atoms with Crippen LogP contribution in [0.1, 0.15) is 10.5 Å². The minimum atomic E-state index is -0.392. The number of carbonyl (C=O) groups is 1. The normalized spacial score (nSPS) is 10.8. The highest BCUT2D eigenvalue weighted by Crippen LogP contribution is 2.25. The number of anilines is 1. The quantitative estimate of drug-likeness (QED) is 0.434. The van der Waals surface area contributed by atoms with E-state index in [1.807, 2.05) is 48.5 Å². The van der Waals surface area contributed by atoms with Crippen LogP contribution in [0, 0.1) is 0 Å². The number of aromatic amines is 1. The number of benzene rings is 3. The molecule has 0 atom stereocenters. The summed E-state index contributed by atoms with van der Waals surface area (Å²) in [5.41, 5.74) is 2.66. The summed E-state index contributed by atoms with van der Waals surface area (Å²) in [6.07, 6.45) is 1.54. The number of ether oxygens (including phenoxy) is 1. The minimum absolute atomic E-state index is 0.165. The van der Waals surface area contributed by atoms with Crippen LogP contribution in [-0.2, 0) is 0 Å². The van der Waals surface area contributed by atoms with Gasteiger partial charge in [-0.1, -0.05) is 47.7 Å². The van der Waals surface area contributed by atoms with Gasteiger partial charge in [0.05, 0.1) is 24.4 Å². The molecule has 9 heteroatoms. The Morgan fingerprint density at radius 3 is 2.48 bits per heavy atom. The number of nitrogens with one attached hydrogen (secondary N) is 2. The molecule has 162 valence electrons. The van der Waals surface area contributed by atoms with Crippen LogP contribution in [0.15, 0.2) is 83.8 Å². The van der Waals surface area contributed by atoms with E-state index in [0.29, 0.717) is 28.2 Å². The van der Waals surface area contributed by atoms with Crippen LogP contribution in [0.3, 0.4) is 0 Å². The fraction of sp³-hybridized carbons (Fsp3) is 0.0417. The number of aromatic nitrogens is 5. The second kappa shape index (κ2) is 8.39. The van der Waals surface area contributed by atoms with Gasteiger partial charge in [0.2, 0.25) is 0 Å². The Morgan fingerprint density at radius 2 is 1.70 bits per heavy atom. The van der Waals surface area contributed by atoms with Crippen LogP contribution in [0.4, 0.5) is 5.69 Å². The SMILES string of the molecule is COc1ccccc1-n1cc(C(=O)Nc2ccc(-c3n[nH]c(=O)c4ccccc34)cc2)nn1. The van der Waals surface area contributed by atoms with Crippen molar-refractivity contribution < 1.29 is 9.53 Å². The predicted octanol–water partition coefficient (Wildman–Crippen LogP) is 3.43. The predicted molar refractivity (Wildman–Crippen MR) is 124 cm³/mol. The van der Waals surface area contributed by atoms with Crippen LogP contribution < -0.4 is 15.6 Å². The lowest BCUT2D eigenvalue weighted by Crippen LogP contribution is -2.12. The Balaban J connectivity index is 1.37. The van der Waals surface area contributed by atoms with Gasteiger partial charge in [-0.15, -0.1) is 5.10 Å². The van der Waals surface area contributed by atoms with Crippen LogP contribution in [0.2, 0.25) is 0 Å². The summed E-state index contributed by atoms with van der Waals surface area (Å²) in [4.78, 5) is 24.7. The number of amides is 1. The molecule has 0 unspecified atom stereocenters. The molecular formula is C24H18N6O3. The van der Waals surface area contributed by atoms with Gasteiger partial charge in [-0.3, -0.25) is 9.59 Å². The van der Waals surface area contributed by atoms with E-state index in [0.717, 1.165) is 10.9 Å². The van der Waals surface area contributed by atoms with Crippen molar-refractivity contribution >= 4 is 22.4 Å². The summed E-state index contributed by atoms with van der Waals surface area (Å²) in [7, 11) is 1.57.